The predicted octanol–water partition coefficient (Wildman–Crippen LogP) is 4.02. The number of pyridine rings is 2. The van der Waals surface area contributed by atoms with Gasteiger partial charge in [0, 0.05) is 31.0 Å². The largest absolute Gasteiger partial charge is 0.478 e. The highest BCUT2D eigenvalue weighted by atomic mass is 19.3. The van der Waals surface area contributed by atoms with E-state index in [9.17, 15) is 13.6 Å². The summed E-state index contributed by atoms with van der Waals surface area (Å²) in [5.41, 5.74) is 2.00. The molecular weight excluding hydrogens is 354 g/mol. The molecule has 140 valence electrons. The van der Waals surface area contributed by atoms with Gasteiger partial charge >= 0.3 is 5.97 Å². The van der Waals surface area contributed by atoms with Gasteiger partial charge in [0.2, 0.25) is 5.92 Å². The summed E-state index contributed by atoms with van der Waals surface area (Å²) in [6.45, 7) is 0.591. The van der Waals surface area contributed by atoms with Crippen LogP contribution in [0.4, 0.5) is 8.78 Å². The molecule has 1 fully saturated rings. The molecule has 0 saturated heterocycles. The molecular formula is C19H18F2N4O2. The number of rotatable bonds is 4. The molecule has 0 aromatic carbocycles. The highest BCUT2D eigenvalue weighted by Crippen LogP contribution is 2.37. The van der Waals surface area contributed by atoms with Crippen LogP contribution in [0.2, 0.25) is 0 Å². The van der Waals surface area contributed by atoms with Gasteiger partial charge in [-0.1, -0.05) is 0 Å². The van der Waals surface area contributed by atoms with Crippen LogP contribution in [0.3, 0.4) is 0 Å². The predicted molar refractivity (Wildman–Crippen MR) is 94.6 cm³/mol. The minimum Gasteiger partial charge on any atom is -0.478 e. The molecule has 6 nitrogen and oxygen atoms in total. The van der Waals surface area contributed by atoms with Gasteiger partial charge in [-0.05, 0) is 37.0 Å². The lowest BCUT2D eigenvalue weighted by molar-refractivity contribution is -0.0475. The molecule has 1 saturated carbocycles. The number of carbonyl (C=O) groups is 1. The fourth-order valence-electron chi connectivity index (χ4n) is 3.49. The van der Waals surface area contributed by atoms with E-state index in [0.717, 1.165) is 10.9 Å². The number of carboxylic acid groups (broad SMARTS) is 1. The van der Waals surface area contributed by atoms with Crippen molar-refractivity contribution in [1.29, 1.82) is 0 Å². The van der Waals surface area contributed by atoms with Crippen molar-refractivity contribution in [2.75, 3.05) is 0 Å². The molecule has 0 spiro atoms. The van der Waals surface area contributed by atoms with Crippen LogP contribution in [-0.2, 0) is 6.54 Å². The van der Waals surface area contributed by atoms with Crippen LogP contribution >= 0.6 is 0 Å². The topological polar surface area (TPSA) is 80.9 Å². The molecule has 27 heavy (non-hydrogen) atoms. The molecule has 3 aromatic rings. The summed E-state index contributed by atoms with van der Waals surface area (Å²) in [5, 5.41) is 14.3. The Balaban J connectivity index is 1.57. The first-order valence-corrected chi connectivity index (χ1v) is 8.80. The molecule has 1 aliphatic carbocycles. The van der Waals surface area contributed by atoms with Crippen molar-refractivity contribution in [2.45, 2.75) is 38.2 Å². The monoisotopic (exact) mass is 372 g/mol. The first-order valence-electron chi connectivity index (χ1n) is 8.80. The van der Waals surface area contributed by atoms with Gasteiger partial charge < -0.3 is 5.11 Å². The van der Waals surface area contributed by atoms with Gasteiger partial charge in [-0.2, -0.15) is 5.10 Å². The maximum atomic E-state index is 13.3. The third-order valence-corrected chi connectivity index (χ3v) is 5.07. The molecule has 3 aromatic heterocycles. The number of carboxylic acids is 1. The van der Waals surface area contributed by atoms with Gasteiger partial charge in [0.15, 0.2) is 0 Å². The average Bonchev–Trinajstić information content (AvgIpc) is 3.05. The fraction of sp³-hybridized carbons (Fsp3) is 0.368. The number of aromatic carboxylic acids is 1. The zero-order chi connectivity index (χ0) is 19.0. The molecule has 1 N–H and O–H groups in total. The molecule has 0 amide bonds. The Morgan fingerprint density at radius 3 is 2.67 bits per heavy atom. The number of nitrogens with zero attached hydrogens (tertiary/aromatic N) is 4. The van der Waals surface area contributed by atoms with E-state index in [2.05, 4.69) is 15.1 Å². The lowest BCUT2D eigenvalue weighted by atomic mass is 9.87. The average molecular weight is 372 g/mol. The molecule has 1 aliphatic rings. The quantitative estimate of drug-likeness (QED) is 0.748. The highest BCUT2D eigenvalue weighted by molar-refractivity contribution is 5.89. The second kappa shape index (κ2) is 6.68. The SMILES string of the molecule is O=C(O)c1ccnc(-c2cc3cnn(CC4CCC(F)(F)CC4)c3cn2)c1. The van der Waals surface area contributed by atoms with E-state index in [4.69, 9.17) is 5.11 Å². The Labute approximate surface area is 153 Å². The maximum Gasteiger partial charge on any atom is 0.335 e. The Morgan fingerprint density at radius 2 is 1.93 bits per heavy atom. The summed E-state index contributed by atoms with van der Waals surface area (Å²) in [6, 6.07) is 4.71. The van der Waals surface area contributed by atoms with Crippen LogP contribution in [0.25, 0.3) is 22.3 Å². The van der Waals surface area contributed by atoms with E-state index in [1.165, 1.54) is 18.3 Å². The van der Waals surface area contributed by atoms with Gasteiger partial charge in [-0.15, -0.1) is 0 Å². The second-order valence-corrected chi connectivity index (χ2v) is 6.99. The minimum atomic E-state index is -2.53. The zero-order valence-corrected chi connectivity index (χ0v) is 14.5. The molecule has 4 rings (SSSR count). The third kappa shape index (κ3) is 3.65. The van der Waals surface area contributed by atoms with Crippen molar-refractivity contribution in [3.63, 3.8) is 0 Å². The molecule has 0 unspecified atom stereocenters. The van der Waals surface area contributed by atoms with Gasteiger partial charge in [0.25, 0.3) is 0 Å². The standard InChI is InChI=1S/C19H18F2N4O2/c20-19(21)4-1-12(2-5-19)11-25-17-10-23-16(8-14(17)9-24-25)15-7-13(18(26)27)3-6-22-15/h3,6-10,12H,1-2,4-5,11H2,(H,26,27). The smallest absolute Gasteiger partial charge is 0.335 e. The molecule has 8 heteroatoms. The molecule has 0 aliphatic heterocycles. The number of fused-ring (bicyclic) bond motifs is 1. The fourth-order valence-corrected chi connectivity index (χ4v) is 3.49. The van der Waals surface area contributed by atoms with Gasteiger partial charge in [0.1, 0.15) is 0 Å². The highest BCUT2D eigenvalue weighted by Gasteiger charge is 2.35. The van der Waals surface area contributed by atoms with E-state index >= 15 is 0 Å². The molecule has 3 heterocycles. The molecule has 0 bridgehead atoms. The summed E-state index contributed by atoms with van der Waals surface area (Å²) in [7, 11) is 0. The zero-order valence-electron chi connectivity index (χ0n) is 14.5. The van der Waals surface area contributed by atoms with Gasteiger partial charge in [0.05, 0.1) is 34.9 Å². The van der Waals surface area contributed by atoms with Gasteiger partial charge in [-0.25, -0.2) is 13.6 Å². The lowest BCUT2D eigenvalue weighted by Gasteiger charge is -2.28. The molecule has 0 atom stereocenters. The van der Waals surface area contributed by atoms with Crippen LogP contribution in [-0.4, -0.2) is 36.7 Å². The normalized spacial score (nSPS) is 17.3. The number of hydrogen-bond acceptors (Lipinski definition) is 4. The van der Waals surface area contributed by atoms with Crippen molar-refractivity contribution in [1.82, 2.24) is 19.7 Å². The van der Waals surface area contributed by atoms with E-state index in [-0.39, 0.29) is 24.3 Å². The summed E-state index contributed by atoms with van der Waals surface area (Å²) in [6.07, 6.45) is 5.67. The first-order chi connectivity index (χ1) is 12.9. The number of hydrogen-bond donors (Lipinski definition) is 1. The maximum absolute atomic E-state index is 13.3. The van der Waals surface area contributed by atoms with E-state index < -0.39 is 11.9 Å². The first kappa shape index (κ1) is 17.5. The van der Waals surface area contributed by atoms with Crippen LogP contribution in [0.15, 0.2) is 36.8 Å². The molecule has 0 radical (unpaired) electrons. The summed E-state index contributed by atoms with van der Waals surface area (Å²) in [5.74, 6) is -3.37. The van der Waals surface area contributed by atoms with Crippen LogP contribution < -0.4 is 0 Å². The van der Waals surface area contributed by atoms with E-state index in [0.29, 0.717) is 30.8 Å². The summed E-state index contributed by atoms with van der Waals surface area (Å²) < 4.78 is 28.4. The van der Waals surface area contributed by atoms with Crippen molar-refractivity contribution in [2.24, 2.45) is 5.92 Å². The minimum absolute atomic E-state index is 0.0646. The van der Waals surface area contributed by atoms with Crippen molar-refractivity contribution in [3.05, 3.63) is 42.4 Å². The third-order valence-electron chi connectivity index (χ3n) is 5.07. The van der Waals surface area contributed by atoms with E-state index in [1.54, 1.807) is 17.1 Å². The number of aromatic nitrogens is 4. The second-order valence-electron chi connectivity index (χ2n) is 6.99. The Kier molecular flexibility index (Phi) is 4.33. The van der Waals surface area contributed by atoms with Crippen molar-refractivity contribution >= 4 is 16.9 Å². The van der Waals surface area contributed by atoms with Crippen LogP contribution in [0.5, 0.6) is 0 Å². The van der Waals surface area contributed by atoms with Crippen LogP contribution in [0, 0.1) is 5.92 Å². The Bertz CT molecular complexity index is 992. The van der Waals surface area contributed by atoms with Crippen LogP contribution in [0.1, 0.15) is 36.0 Å². The van der Waals surface area contributed by atoms with Crippen molar-refractivity contribution < 1.29 is 18.7 Å². The summed E-state index contributed by atoms with van der Waals surface area (Å²) >= 11 is 0. The Morgan fingerprint density at radius 1 is 1.19 bits per heavy atom. The summed E-state index contributed by atoms with van der Waals surface area (Å²) in [4.78, 5) is 19.7. The lowest BCUT2D eigenvalue weighted by Crippen LogP contribution is -2.27. The van der Waals surface area contributed by atoms with Gasteiger partial charge in [-0.3, -0.25) is 14.6 Å². The number of alkyl halides is 2. The van der Waals surface area contributed by atoms with E-state index in [1.807, 2.05) is 6.07 Å². The number of halogens is 2. The van der Waals surface area contributed by atoms with Crippen molar-refractivity contribution in [3.8, 4) is 11.4 Å². The Hall–Kier alpha value is -2.90.